The lowest BCUT2D eigenvalue weighted by atomic mass is 9.90. The molecule has 2 N–H and O–H groups in total. The van der Waals surface area contributed by atoms with Gasteiger partial charge in [-0.15, -0.1) is 0 Å². The number of nitrogens with one attached hydrogen (secondary N) is 2. The van der Waals surface area contributed by atoms with Gasteiger partial charge in [0.15, 0.2) is 0 Å². The number of amides is 3. The fourth-order valence-corrected chi connectivity index (χ4v) is 3.34. The molecule has 1 aliphatic heterocycles. The molecule has 1 heterocycles. The second-order valence-corrected chi connectivity index (χ2v) is 9.79. The van der Waals surface area contributed by atoms with Crippen LogP contribution in [0.4, 0.5) is 9.59 Å². The van der Waals surface area contributed by atoms with Crippen LogP contribution >= 0.6 is 0 Å². The number of nitrogens with zero attached hydrogens (tertiary/aromatic N) is 1. The summed E-state index contributed by atoms with van der Waals surface area (Å²) in [5.74, 6) is -0.202. The first kappa shape index (κ1) is 23.0. The standard InChI is InChI=1S/C21H35N3O5/c1-20(2,3)28-18(26)23-16-10-8-7-9-15(16)22-17(25)11-14-12-24(13-14)19(27)29-21(4,5)6/h11,15-16H,7-10,12-13H2,1-6H3,(H,22,25)(H,23,26)/t15-,16+/m1/s1. The first-order chi connectivity index (χ1) is 13.3. The van der Waals surface area contributed by atoms with Crippen molar-refractivity contribution in [3.05, 3.63) is 11.6 Å². The van der Waals surface area contributed by atoms with Crippen LogP contribution in [0.5, 0.6) is 0 Å². The lowest BCUT2D eigenvalue weighted by Gasteiger charge is -2.36. The minimum absolute atomic E-state index is 0.136. The molecular formula is C21H35N3O5. The van der Waals surface area contributed by atoms with E-state index in [2.05, 4.69) is 10.6 Å². The number of hydrogen-bond donors (Lipinski definition) is 2. The molecule has 8 nitrogen and oxygen atoms in total. The maximum atomic E-state index is 12.4. The molecule has 2 rings (SSSR count). The van der Waals surface area contributed by atoms with Crippen LogP contribution in [-0.4, -0.2) is 59.4 Å². The molecule has 2 aliphatic rings. The summed E-state index contributed by atoms with van der Waals surface area (Å²) in [5.41, 5.74) is -0.224. The van der Waals surface area contributed by atoms with Crippen molar-refractivity contribution < 1.29 is 23.9 Å². The van der Waals surface area contributed by atoms with Gasteiger partial charge in [0.25, 0.3) is 0 Å². The van der Waals surface area contributed by atoms with Gasteiger partial charge < -0.3 is 25.0 Å². The molecule has 1 saturated carbocycles. The van der Waals surface area contributed by atoms with Crippen LogP contribution in [-0.2, 0) is 14.3 Å². The molecule has 0 spiro atoms. The normalized spacial score (nSPS) is 22.3. The van der Waals surface area contributed by atoms with Crippen LogP contribution in [0.2, 0.25) is 0 Å². The van der Waals surface area contributed by atoms with Gasteiger partial charge in [-0.3, -0.25) is 4.79 Å². The Morgan fingerprint density at radius 3 is 1.93 bits per heavy atom. The summed E-state index contributed by atoms with van der Waals surface area (Å²) >= 11 is 0. The average molecular weight is 410 g/mol. The Labute approximate surface area is 173 Å². The fourth-order valence-electron chi connectivity index (χ4n) is 3.34. The van der Waals surface area contributed by atoms with Crippen LogP contribution < -0.4 is 10.6 Å². The van der Waals surface area contributed by atoms with Crippen molar-refractivity contribution in [2.75, 3.05) is 13.1 Å². The number of carbonyl (C=O) groups excluding carboxylic acids is 3. The highest BCUT2D eigenvalue weighted by atomic mass is 16.6. The second-order valence-electron chi connectivity index (χ2n) is 9.79. The summed E-state index contributed by atoms with van der Waals surface area (Å²) in [6.45, 7) is 11.7. The van der Waals surface area contributed by atoms with Crippen molar-refractivity contribution in [2.24, 2.45) is 0 Å². The van der Waals surface area contributed by atoms with Crippen LogP contribution in [0.3, 0.4) is 0 Å². The lowest BCUT2D eigenvalue weighted by Crippen LogP contribution is -2.54. The van der Waals surface area contributed by atoms with Gasteiger partial charge in [-0.1, -0.05) is 12.8 Å². The van der Waals surface area contributed by atoms with Crippen molar-refractivity contribution in [3.63, 3.8) is 0 Å². The SMILES string of the molecule is CC(C)(C)OC(=O)N[C@H]1CCCC[C@H]1NC(=O)C=C1CN(C(=O)OC(C)(C)C)C1. The van der Waals surface area contributed by atoms with Gasteiger partial charge in [0.1, 0.15) is 11.2 Å². The van der Waals surface area contributed by atoms with Gasteiger partial charge >= 0.3 is 12.2 Å². The number of ether oxygens (including phenoxy) is 2. The van der Waals surface area contributed by atoms with Gasteiger partial charge in [-0.2, -0.15) is 0 Å². The van der Waals surface area contributed by atoms with Crippen LogP contribution in [0.1, 0.15) is 67.2 Å². The fraction of sp³-hybridized carbons (Fsp3) is 0.762. The largest absolute Gasteiger partial charge is 0.444 e. The summed E-state index contributed by atoms with van der Waals surface area (Å²) in [6.07, 6.45) is 4.31. The third-order valence-electron chi connectivity index (χ3n) is 4.57. The number of alkyl carbamates (subject to hydrolysis) is 1. The van der Waals surface area contributed by atoms with Crippen molar-refractivity contribution in [2.45, 2.75) is 90.5 Å². The molecule has 2 atom stereocenters. The van der Waals surface area contributed by atoms with Crippen LogP contribution in [0.25, 0.3) is 0 Å². The van der Waals surface area contributed by atoms with Gasteiger partial charge in [-0.05, 0) is 60.0 Å². The molecule has 0 aromatic rings. The van der Waals surface area contributed by atoms with Gasteiger partial charge in [0, 0.05) is 25.2 Å². The summed E-state index contributed by atoms with van der Waals surface area (Å²) in [5, 5.41) is 5.89. The first-order valence-corrected chi connectivity index (χ1v) is 10.3. The van der Waals surface area contributed by atoms with Crippen molar-refractivity contribution in [3.8, 4) is 0 Å². The average Bonchev–Trinajstić information content (AvgIpc) is 2.48. The van der Waals surface area contributed by atoms with Crippen molar-refractivity contribution >= 4 is 18.1 Å². The molecule has 29 heavy (non-hydrogen) atoms. The Bertz CT molecular complexity index is 652. The molecule has 0 aromatic heterocycles. The number of rotatable bonds is 3. The Morgan fingerprint density at radius 1 is 0.897 bits per heavy atom. The van der Waals surface area contributed by atoms with E-state index in [9.17, 15) is 14.4 Å². The molecular weight excluding hydrogens is 374 g/mol. The molecule has 2 fully saturated rings. The molecule has 1 saturated heterocycles. The Kier molecular flexibility index (Phi) is 7.19. The number of likely N-dealkylation sites (tertiary alicyclic amines) is 1. The third-order valence-corrected chi connectivity index (χ3v) is 4.57. The maximum Gasteiger partial charge on any atom is 0.410 e. The van der Waals surface area contributed by atoms with Gasteiger partial charge in [0.05, 0.1) is 6.04 Å². The van der Waals surface area contributed by atoms with Crippen LogP contribution in [0, 0.1) is 0 Å². The van der Waals surface area contributed by atoms with E-state index in [0.717, 1.165) is 31.3 Å². The molecule has 1 aliphatic carbocycles. The predicted octanol–water partition coefficient (Wildman–Crippen LogP) is 3.12. The minimum atomic E-state index is -0.563. The smallest absolute Gasteiger partial charge is 0.410 e. The molecule has 0 unspecified atom stereocenters. The van der Waals surface area contributed by atoms with E-state index in [-0.39, 0.29) is 24.1 Å². The zero-order valence-electron chi connectivity index (χ0n) is 18.5. The van der Waals surface area contributed by atoms with E-state index in [1.807, 2.05) is 41.5 Å². The van der Waals surface area contributed by atoms with E-state index >= 15 is 0 Å². The van der Waals surface area contributed by atoms with Gasteiger partial charge in [-0.25, -0.2) is 9.59 Å². The number of carbonyl (C=O) groups is 3. The zero-order valence-corrected chi connectivity index (χ0v) is 18.5. The van der Waals surface area contributed by atoms with Gasteiger partial charge in [0.2, 0.25) is 5.91 Å². The van der Waals surface area contributed by atoms with Crippen LogP contribution in [0.15, 0.2) is 11.6 Å². The monoisotopic (exact) mass is 409 g/mol. The molecule has 0 radical (unpaired) electrons. The molecule has 0 aromatic carbocycles. The Hall–Kier alpha value is -2.25. The Balaban J connectivity index is 1.83. The van der Waals surface area contributed by atoms with E-state index in [1.54, 1.807) is 11.0 Å². The summed E-state index contributed by atoms with van der Waals surface area (Å²) in [7, 11) is 0. The topological polar surface area (TPSA) is 97.0 Å². The van der Waals surface area contributed by atoms with E-state index in [4.69, 9.17) is 9.47 Å². The first-order valence-electron chi connectivity index (χ1n) is 10.3. The predicted molar refractivity (Wildman–Crippen MR) is 109 cm³/mol. The number of hydrogen-bond acceptors (Lipinski definition) is 5. The summed E-state index contributed by atoms with van der Waals surface area (Å²) < 4.78 is 10.6. The lowest BCUT2D eigenvalue weighted by molar-refractivity contribution is -0.117. The summed E-state index contributed by atoms with van der Waals surface area (Å²) in [6, 6.07) is -0.289. The highest BCUT2D eigenvalue weighted by Crippen LogP contribution is 2.21. The van der Waals surface area contributed by atoms with E-state index in [1.165, 1.54) is 0 Å². The highest BCUT2D eigenvalue weighted by molar-refractivity contribution is 5.89. The molecule has 0 bridgehead atoms. The van der Waals surface area contributed by atoms with Crippen molar-refractivity contribution in [1.29, 1.82) is 0 Å². The van der Waals surface area contributed by atoms with E-state index < -0.39 is 17.3 Å². The molecule has 164 valence electrons. The highest BCUT2D eigenvalue weighted by Gasteiger charge is 2.32. The van der Waals surface area contributed by atoms with Crippen molar-refractivity contribution in [1.82, 2.24) is 15.5 Å². The quantitative estimate of drug-likeness (QED) is 0.698. The summed E-state index contributed by atoms with van der Waals surface area (Å²) in [4.78, 5) is 38.0. The minimum Gasteiger partial charge on any atom is -0.444 e. The zero-order chi connectivity index (χ0) is 21.8. The Morgan fingerprint density at radius 2 is 1.41 bits per heavy atom. The second kappa shape index (κ2) is 9.05. The van der Waals surface area contributed by atoms with E-state index in [0.29, 0.717) is 13.1 Å². The molecule has 3 amide bonds. The third kappa shape index (κ3) is 7.95. The molecule has 8 heteroatoms. The maximum absolute atomic E-state index is 12.4.